The van der Waals surface area contributed by atoms with E-state index in [9.17, 15) is 4.79 Å². The molecule has 3 N–H and O–H groups in total. The zero-order valence-corrected chi connectivity index (χ0v) is 14.2. The Morgan fingerprint density at radius 2 is 2.27 bits per heavy atom. The summed E-state index contributed by atoms with van der Waals surface area (Å²) in [6, 6.07) is 0. The highest BCUT2D eigenvalue weighted by Gasteiger charge is 2.13. The summed E-state index contributed by atoms with van der Waals surface area (Å²) in [6.07, 6.45) is 2.98. The van der Waals surface area contributed by atoms with Gasteiger partial charge in [-0.15, -0.1) is 23.7 Å². The lowest BCUT2D eigenvalue weighted by Gasteiger charge is -2.21. The molecule has 0 atom stereocenters. The molecule has 8 heteroatoms. The zero-order chi connectivity index (χ0) is 14.9. The van der Waals surface area contributed by atoms with Gasteiger partial charge < -0.3 is 20.5 Å². The van der Waals surface area contributed by atoms with Crippen molar-refractivity contribution in [3.8, 4) is 0 Å². The number of thiazole rings is 1. The van der Waals surface area contributed by atoms with E-state index >= 15 is 0 Å². The SMILES string of the molecule is Cl.NCc1nc(C(=O)NCCCOCC2CCOCC2)cs1. The average Bonchev–Trinajstić information content (AvgIpc) is 3.00. The molecule has 22 heavy (non-hydrogen) atoms. The van der Waals surface area contributed by atoms with E-state index in [0.29, 0.717) is 31.3 Å². The van der Waals surface area contributed by atoms with Crippen LogP contribution in [0.4, 0.5) is 0 Å². The molecule has 0 unspecified atom stereocenters. The molecule has 2 heterocycles. The predicted octanol–water partition coefficient (Wildman–Crippen LogP) is 1.59. The molecule has 126 valence electrons. The van der Waals surface area contributed by atoms with Crippen molar-refractivity contribution in [1.29, 1.82) is 0 Å². The first kappa shape index (κ1) is 19.3. The van der Waals surface area contributed by atoms with Crippen LogP contribution in [0.2, 0.25) is 0 Å². The first-order valence-corrected chi connectivity index (χ1v) is 8.25. The summed E-state index contributed by atoms with van der Waals surface area (Å²) in [6.45, 7) is 4.14. The third-order valence-corrected chi connectivity index (χ3v) is 4.28. The van der Waals surface area contributed by atoms with Crippen LogP contribution in [0.3, 0.4) is 0 Å². The Morgan fingerprint density at radius 3 is 2.95 bits per heavy atom. The first-order valence-electron chi connectivity index (χ1n) is 7.37. The summed E-state index contributed by atoms with van der Waals surface area (Å²) in [5.74, 6) is 0.480. The van der Waals surface area contributed by atoms with E-state index < -0.39 is 0 Å². The number of amides is 1. The van der Waals surface area contributed by atoms with Crippen molar-refractivity contribution < 1.29 is 14.3 Å². The molecule has 0 bridgehead atoms. The maximum absolute atomic E-state index is 11.8. The van der Waals surface area contributed by atoms with E-state index in [-0.39, 0.29) is 18.3 Å². The van der Waals surface area contributed by atoms with Crippen molar-refractivity contribution in [1.82, 2.24) is 10.3 Å². The standard InChI is InChI=1S/C14H23N3O3S.ClH/c15-8-13-17-12(10-21-13)14(18)16-4-1-5-20-9-11-2-6-19-7-3-11;/h10-11H,1-9,15H2,(H,16,18);1H. The molecule has 1 aromatic heterocycles. The van der Waals surface area contributed by atoms with Gasteiger partial charge in [0.2, 0.25) is 0 Å². The van der Waals surface area contributed by atoms with Crippen molar-refractivity contribution in [2.24, 2.45) is 11.7 Å². The minimum atomic E-state index is -0.143. The van der Waals surface area contributed by atoms with Crippen LogP contribution < -0.4 is 11.1 Å². The smallest absolute Gasteiger partial charge is 0.270 e. The molecule has 2 rings (SSSR count). The molecule has 6 nitrogen and oxygen atoms in total. The van der Waals surface area contributed by atoms with Crippen LogP contribution in [0.5, 0.6) is 0 Å². The predicted molar refractivity (Wildman–Crippen MR) is 88.6 cm³/mol. The van der Waals surface area contributed by atoms with Gasteiger partial charge in [-0.25, -0.2) is 4.98 Å². The van der Waals surface area contributed by atoms with Gasteiger partial charge in [0.25, 0.3) is 5.91 Å². The summed E-state index contributed by atoms with van der Waals surface area (Å²) >= 11 is 1.41. The molecule has 0 aliphatic carbocycles. The Kier molecular flexibility index (Phi) is 9.58. The molecule has 1 amide bonds. The molecule has 0 spiro atoms. The van der Waals surface area contributed by atoms with Crippen LogP contribution in [-0.4, -0.2) is 43.9 Å². The van der Waals surface area contributed by atoms with E-state index in [0.717, 1.165) is 44.1 Å². The lowest BCUT2D eigenvalue weighted by molar-refractivity contribution is 0.0202. The highest BCUT2D eigenvalue weighted by molar-refractivity contribution is 7.09. The fraction of sp³-hybridized carbons (Fsp3) is 0.714. The monoisotopic (exact) mass is 349 g/mol. The van der Waals surface area contributed by atoms with Gasteiger partial charge in [0, 0.05) is 44.9 Å². The van der Waals surface area contributed by atoms with E-state index in [1.165, 1.54) is 11.3 Å². The molecule has 1 aliphatic heterocycles. The van der Waals surface area contributed by atoms with E-state index in [1.54, 1.807) is 5.38 Å². The van der Waals surface area contributed by atoms with Crippen LogP contribution >= 0.6 is 23.7 Å². The molecule has 0 saturated carbocycles. The first-order chi connectivity index (χ1) is 10.3. The van der Waals surface area contributed by atoms with Crippen molar-refractivity contribution in [2.45, 2.75) is 25.8 Å². The summed E-state index contributed by atoms with van der Waals surface area (Å²) in [5, 5.41) is 5.35. The number of nitrogens with two attached hydrogens (primary N) is 1. The second-order valence-electron chi connectivity index (χ2n) is 5.07. The Balaban J connectivity index is 0.00000242. The number of nitrogens with one attached hydrogen (secondary N) is 1. The maximum Gasteiger partial charge on any atom is 0.270 e. The van der Waals surface area contributed by atoms with Crippen molar-refractivity contribution in [3.63, 3.8) is 0 Å². The summed E-state index contributed by atoms with van der Waals surface area (Å²) in [4.78, 5) is 15.9. The zero-order valence-electron chi connectivity index (χ0n) is 12.6. The Labute approximate surface area is 141 Å². The quantitative estimate of drug-likeness (QED) is 0.696. The lowest BCUT2D eigenvalue weighted by atomic mass is 10.0. The van der Waals surface area contributed by atoms with Crippen LogP contribution in [0.15, 0.2) is 5.38 Å². The minimum absolute atomic E-state index is 0. The Hall–Kier alpha value is -0.730. The number of ether oxygens (including phenoxy) is 2. The molecule has 0 aromatic carbocycles. The molecule has 1 saturated heterocycles. The summed E-state index contributed by atoms with van der Waals surface area (Å²) in [5.41, 5.74) is 5.92. The van der Waals surface area contributed by atoms with E-state index in [2.05, 4.69) is 10.3 Å². The van der Waals surface area contributed by atoms with Gasteiger partial charge in [-0.1, -0.05) is 0 Å². The average molecular weight is 350 g/mol. The lowest BCUT2D eigenvalue weighted by Crippen LogP contribution is -2.26. The van der Waals surface area contributed by atoms with Crippen LogP contribution in [-0.2, 0) is 16.0 Å². The number of nitrogens with zero attached hydrogens (tertiary/aromatic N) is 1. The minimum Gasteiger partial charge on any atom is -0.381 e. The number of aromatic nitrogens is 1. The number of hydrogen-bond acceptors (Lipinski definition) is 6. The second-order valence-corrected chi connectivity index (χ2v) is 6.01. The van der Waals surface area contributed by atoms with Crippen LogP contribution in [0, 0.1) is 5.92 Å². The van der Waals surface area contributed by atoms with E-state index in [4.69, 9.17) is 15.2 Å². The number of carbonyl (C=O) groups excluding carboxylic acids is 1. The van der Waals surface area contributed by atoms with Gasteiger partial charge in [0.1, 0.15) is 10.7 Å². The second kappa shape index (κ2) is 10.9. The molecular formula is C14H24ClN3O3S. The highest BCUT2D eigenvalue weighted by Crippen LogP contribution is 2.14. The highest BCUT2D eigenvalue weighted by atomic mass is 35.5. The Morgan fingerprint density at radius 1 is 1.50 bits per heavy atom. The van der Waals surface area contributed by atoms with Crippen LogP contribution in [0.1, 0.15) is 34.8 Å². The number of rotatable bonds is 8. The molecular weight excluding hydrogens is 326 g/mol. The summed E-state index contributed by atoms with van der Waals surface area (Å²) < 4.78 is 11.0. The van der Waals surface area contributed by atoms with Crippen molar-refractivity contribution in [2.75, 3.05) is 33.0 Å². The normalized spacial score (nSPS) is 15.3. The third kappa shape index (κ3) is 6.58. The van der Waals surface area contributed by atoms with E-state index in [1.807, 2.05) is 0 Å². The number of halogens is 1. The van der Waals surface area contributed by atoms with Gasteiger partial charge in [-0.3, -0.25) is 4.79 Å². The largest absolute Gasteiger partial charge is 0.381 e. The topological polar surface area (TPSA) is 86.5 Å². The van der Waals surface area contributed by atoms with Crippen LogP contribution in [0.25, 0.3) is 0 Å². The maximum atomic E-state index is 11.8. The van der Waals surface area contributed by atoms with Gasteiger partial charge in [-0.05, 0) is 25.2 Å². The third-order valence-electron chi connectivity index (χ3n) is 3.40. The van der Waals surface area contributed by atoms with Gasteiger partial charge in [0.05, 0.1) is 0 Å². The van der Waals surface area contributed by atoms with Gasteiger partial charge in [0.15, 0.2) is 0 Å². The molecule has 0 radical (unpaired) electrons. The van der Waals surface area contributed by atoms with Crippen molar-refractivity contribution in [3.05, 3.63) is 16.1 Å². The number of hydrogen-bond donors (Lipinski definition) is 2. The van der Waals surface area contributed by atoms with Gasteiger partial charge >= 0.3 is 0 Å². The van der Waals surface area contributed by atoms with Gasteiger partial charge in [-0.2, -0.15) is 0 Å². The molecule has 1 aliphatic rings. The van der Waals surface area contributed by atoms with Crippen molar-refractivity contribution >= 4 is 29.7 Å². The molecule has 1 fully saturated rings. The number of carbonyl (C=O) groups is 1. The fourth-order valence-corrected chi connectivity index (χ4v) is 2.79. The Bertz CT molecular complexity index is 439. The fourth-order valence-electron chi connectivity index (χ4n) is 2.14. The summed E-state index contributed by atoms with van der Waals surface area (Å²) in [7, 11) is 0. The molecule has 1 aromatic rings.